The summed E-state index contributed by atoms with van der Waals surface area (Å²) in [5.41, 5.74) is 7.71. The third-order valence-electron chi connectivity index (χ3n) is 4.08. The second-order valence-electron chi connectivity index (χ2n) is 6.37. The van der Waals surface area contributed by atoms with E-state index in [0.717, 1.165) is 17.7 Å². The maximum Gasteiger partial charge on any atom is 0.269 e. The third kappa shape index (κ3) is 5.92. The van der Waals surface area contributed by atoms with E-state index in [0.29, 0.717) is 11.5 Å². The molecule has 0 aromatic heterocycles. The quantitative estimate of drug-likeness (QED) is 0.747. The Morgan fingerprint density at radius 1 is 0.962 bits per heavy atom. The molecule has 0 aliphatic rings. The molecule has 0 radical (unpaired) electrons. The van der Waals surface area contributed by atoms with Crippen molar-refractivity contribution >= 4 is 11.8 Å². The molecule has 0 aliphatic carbocycles. The van der Waals surface area contributed by atoms with Crippen molar-refractivity contribution in [2.45, 2.75) is 39.5 Å². The molecule has 5 nitrogen and oxygen atoms in total. The molecule has 0 bridgehead atoms. The average Bonchev–Trinajstić information content (AvgIpc) is 2.66. The molecule has 2 aromatic rings. The van der Waals surface area contributed by atoms with Gasteiger partial charge >= 0.3 is 0 Å². The summed E-state index contributed by atoms with van der Waals surface area (Å²) in [6, 6.07) is 15.1. The number of hydrazine groups is 1. The van der Waals surface area contributed by atoms with Gasteiger partial charge in [-0.15, -0.1) is 0 Å². The molecule has 26 heavy (non-hydrogen) atoms. The second kappa shape index (κ2) is 9.61. The number of amides is 2. The van der Waals surface area contributed by atoms with E-state index >= 15 is 0 Å². The van der Waals surface area contributed by atoms with Gasteiger partial charge in [-0.3, -0.25) is 20.4 Å². The zero-order valence-electron chi connectivity index (χ0n) is 15.5. The Morgan fingerprint density at radius 3 is 2.19 bits per heavy atom. The van der Waals surface area contributed by atoms with Crippen LogP contribution in [-0.2, 0) is 11.2 Å². The molecule has 0 saturated carbocycles. The molecule has 5 heteroatoms. The topological polar surface area (TPSA) is 67.4 Å². The van der Waals surface area contributed by atoms with Gasteiger partial charge in [0.2, 0.25) is 5.91 Å². The number of nitrogens with one attached hydrogen (secondary N) is 2. The molecule has 138 valence electrons. The first-order valence-electron chi connectivity index (χ1n) is 8.90. The van der Waals surface area contributed by atoms with Crippen LogP contribution < -0.4 is 15.6 Å². The van der Waals surface area contributed by atoms with Crippen molar-refractivity contribution in [2.75, 3.05) is 6.61 Å². The Labute approximate surface area is 154 Å². The van der Waals surface area contributed by atoms with E-state index in [9.17, 15) is 9.59 Å². The molecule has 2 amide bonds. The molecule has 0 spiro atoms. The van der Waals surface area contributed by atoms with Crippen molar-refractivity contribution < 1.29 is 14.3 Å². The molecular formula is C21H26N2O3. The van der Waals surface area contributed by atoms with E-state index in [1.807, 2.05) is 36.4 Å². The van der Waals surface area contributed by atoms with E-state index in [-0.39, 0.29) is 24.8 Å². The Kier molecular flexibility index (Phi) is 7.21. The molecule has 0 unspecified atom stereocenters. The fraction of sp³-hybridized carbons (Fsp3) is 0.333. The van der Waals surface area contributed by atoms with Gasteiger partial charge in [0.25, 0.3) is 5.91 Å². The Bertz CT molecular complexity index is 722. The van der Waals surface area contributed by atoms with E-state index in [1.54, 1.807) is 12.1 Å². The smallest absolute Gasteiger partial charge is 0.269 e. The highest BCUT2D eigenvalue weighted by Gasteiger charge is 2.08. The summed E-state index contributed by atoms with van der Waals surface area (Å²) in [5, 5.41) is 0. The normalized spacial score (nSPS) is 10.5. The standard InChI is InChI=1S/C21H26N2O3/c1-4-16-5-7-18(8-6-16)21(25)23-22-20(24)13-14-26-19-11-9-17(10-12-19)15(2)3/h5-12,15H,4,13-14H2,1-3H3,(H,22,24)(H,23,25). The van der Waals surface area contributed by atoms with E-state index in [4.69, 9.17) is 4.74 Å². The highest BCUT2D eigenvalue weighted by atomic mass is 16.5. The van der Waals surface area contributed by atoms with Crippen LogP contribution in [-0.4, -0.2) is 18.4 Å². The van der Waals surface area contributed by atoms with Gasteiger partial charge in [0.05, 0.1) is 13.0 Å². The Morgan fingerprint density at radius 2 is 1.62 bits per heavy atom. The van der Waals surface area contributed by atoms with Crippen LogP contribution in [0.25, 0.3) is 0 Å². The molecule has 2 aromatic carbocycles. The number of hydrogen-bond acceptors (Lipinski definition) is 3. The van der Waals surface area contributed by atoms with Crippen molar-refractivity contribution in [1.82, 2.24) is 10.9 Å². The number of hydrogen-bond donors (Lipinski definition) is 2. The molecule has 2 rings (SSSR count). The lowest BCUT2D eigenvalue weighted by Crippen LogP contribution is -2.42. The largest absolute Gasteiger partial charge is 0.493 e. The fourth-order valence-corrected chi connectivity index (χ4v) is 2.36. The zero-order valence-corrected chi connectivity index (χ0v) is 15.5. The Balaban J connectivity index is 1.70. The van der Waals surface area contributed by atoms with Crippen LogP contribution in [0.15, 0.2) is 48.5 Å². The van der Waals surface area contributed by atoms with Gasteiger partial charge in [0, 0.05) is 5.56 Å². The van der Waals surface area contributed by atoms with Crippen LogP contribution in [0.3, 0.4) is 0 Å². The first-order valence-corrected chi connectivity index (χ1v) is 8.90. The number of carbonyl (C=O) groups is 2. The van der Waals surface area contributed by atoms with Crippen molar-refractivity contribution in [1.29, 1.82) is 0 Å². The van der Waals surface area contributed by atoms with Crippen LogP contribution in [0.5, 0.6) is 5.75 Å². The maximum atomic E-state index is 12.0. The van der Waals surface area contributed by atoms with Gasteiger partial charge in [-0.05, 0) is 47.7 Å². The average molecular weight is 354 g/mol. The lowest BCUT2D eigenvalue weighted by atomic mass is 10.0. The zero-order chi connectivity index (χ0) is 18.9. The first-order chi connectivity index (χ1) is 12.5. The summed E-state index contributed by atoms with van der Waals surface area (Å²) >= 11 is 0. The summed E-state index contributed by atoms with van der Waals surface area (Å²) in [6.45, 7) is 6.56. The molecule has 0 atom stereocenters. The summed E-state index contributed by atoms with van der Waals surface area (Å²) in [4.78, 5) is 23.8. The highest BCUT2D eigenvalue weighted by molar-refractivity contribution is 5.95. The van der Waals surface area contributed by atoms with Gasteiger partial charge in [-0.25, -0.2) is 0 Å². The maximum absolute atomic E-state index is 12.0. The Hall–Kier alpha value is -2.82. The number of benzene rings is 2. The van der Waals surface area contributed by atoms with Crippen molar-refractivity contribution in [3.63, 3.8) is 0 Å². The van der Waals surface area contributed by atoms with E-state index in [1.165, 1.54) is 5.56 Å². The van der Waals surface area contributed by atoms with Crippen LogP contribution in [0.2, 0.25) is 0 Å². The molecular weight excluding hydrogens is 328 g/mol. The SMILES string of the molecule is CCc1ccc(C(=O)NNC(=O)CCOc2ccc(C(C)C)cc2)cc1. The molecule has 2 N–H and O–H groups in total. The predicted octanol–water partition coefficient (Wildman–Crippen LogP) is 3.60. The minimum absolute atomic E-state index is 0.154. The van der Waals surface area contributed by atoms with Gasteiger partial charge in [0.1, 0.15) is 5.75 Å². The second-order valence-corrected chi connectivity index (χ2v) is 6.37. The van der Waals surface area contributed by atoms with E-state index in [2.05, 4.69) is 31.6 Å². The molecule has 0 aliphatic heterocycles. The minimum Gasteiger partial charge on any atom is -0.493 e. The van der Waals surface area contributed by atoms with Crippen LogP contribution >= 0.6 is 0 Å². The van der Waals surface area contributed by atoms with Gasteiger partial charge in [0.15, 0.2) is 0 Å². The summed E-state index contributed by atoms with van der Waals surface area (Å²) in [5.74, 6) is 0.549. The van der Waals surface area contributed by atoms with Crippen LogP contribution in [0, 0.1) is 0 Å². The van der Waals surface area contributed by atoms with Gasteiger partial charge in [-0.2, -0.15) is 0 Å². The number of ether oxygens (including phenoxy) is 1. The monoisotopic (exact) mass is 354 g/mol. The minimum atomic E-state index is -0.341. The molecule has 0 saturated heterocycles. The third-order valence-corrected chi connectivity index (χ3v) is 4.08. The number of rotatable bonds is 7. The first kappa shape index (κ1) is 19.5. The van der Waals surface area contributed by atoms with Crippen LogP contribution in [0.4, 0.5) is 0 Å². The van der Waals surface area contributed by atoms with Crippen LogP contribution in [0.1, 0.15) is 54.6 Å². The van der Waals surface area contributed by atoms with Gasteiger partial charge < -0.3 is 4.74 Å². The number of aryl methyl sites for hydroxylation is 1. The van der Waals surface area contributed by atoms with Crippen molar-refractivity contribution in [3.05, 3.63) is 65.2 Å². The van der Waals surface area contributed by atoms with E-state index < -0.39 is 0 Å². The van der Waals surface area contributed by atoms with Gasteiger partial charge in [-0.1, -0.05) is 45.0 Å². The lowest BCUT2D eigenvalue weighted by molar-refractivity contribution is -0.122. The predicted molar refractivity (Wildman–Crippen MR) is 102 cm³/mol. The fourth-order valence-electron chi connectivity index (χ4n) is 2.36. The summed E-state index contributed by atoms with van der Waals surface area (Å²) < 4.78 is 5.55. The van der Waals surface area contributed by atoms with Crippen molar-refractivity contribution in [2.24, 2.45) is 0 Å². The molecule has 0 heterocycles. The highest BCUT2D eigenvalue weighted by Crippen LogP contribution is 2.18. The molecule has 0 fully saturated rings. The number of carbonyl (C=O) groups excluding carboxylic acids is 2. The van der Waals surface area contributed by atoms with Crippen molar-refractivity contribution in [3.8, 4) is 5.75 Å². The summed E-state index contributed by atoms with van der Waals surface area (Å²) in [7, 11) is 0. The lowest BCUT2D eigenvalue weighted by Gasteiger charge is -2.10. The summed E-state index contributed by atoms with van der Waals surface area (Å²) in [6.07, 6.45) is 1.07.